The van der Waals surface area contributed by atoms with Crippen LogP contribution >= 0.6 is 0 Å². The molecular formula is C22H40. The molecule has 0 heterocycles. The fourth-order valence-electron chi connectivity index (χ4n) is 3.29. The Kier molecular flexibility index (Phi) is 15.0. The highest BCUT2D eigenvalue weighted by atomic mass is 14.0. The van der Waals surface area contributed by atoms with Gasteiger partial charge in [0.15, 0.2) is 0 Å². The summed E-state index contributed by atoms with van der Waals surface area (Å²) < 4.78 is 0. The lowest BCUT2D eigenvalue weighted by Crippen LogP contribution is -1.85. The Morgan fingerprint density at radius 2 is 0.455 bits per heavy atom. The molecule has 4 rings (SSSR count). The third-order valence-electron chi connectivity index (χ3n) is 4.82. The van der Waals surface area contributed by atoms with E-state index in [2.05, 4.69) is 24.3 Å². The predicted molar refractivity (Wildman–Crippen MR) is 101 cm³/mol. The van der Waals surface area contributed by atoms with E-state index < -0.39 is 0 Å². The first-order chi connectivity index (χ1) is 11.0. The summed E-state index contributed by atoms with van der Waals surface area (Å²) in [6.07, 6.45) is 35.0. The van der Waals surface area contributed by atoms with E-state index in [9.17, 15) is 0 Å². The van der Waals surface area contributed by atoms with Crippen molar-refractivity contribution in [2.45, 2.75) is 116 Å². The van der Waals surface area contributed by atoms with Gasteiger partial charge < -0.3 is 0 Å². The van der Waals surface area contributed by atoms with Crippen molar-refractivity contribution >= 4 is 0 Å². The predicted octanol–water partition coefficient (Wildman–Crippen LogP) is 8.13. The van der Waals surface area contributed by atoms with Crippen molar-refractivity contribution in [3.8, 4) is 0 Å². The van der Waals surface area contributed by atoms with Crippen molar-refractivity contribution in [3.63, 3.8) is 0 Å². The minimum atomic E-state index is 1.32. The smallest absolute Gasteiger partial charge is 0.0348 e. The fraction of sp³-hybridized carbons (Fsp3) is 0.818. The van der Waals surface area contributed by atoms with E-state index in [1.165, 1.54) is 116 Å². The summed E-state index contributed by atoms with van der Waals surface area (Å²) in [7, 11) is 0. The van der Waals surface area contributed by atoms with Gasteiger partial charge >= 0.3 is 0 Å². The second-order valence-corrected chi connectivity index (χ2v) is 7.05. The molecule has 0 unspecified atom stereocenters. The second kappa shape index (κ2) is 16.8. The van der Waals surface area contributed by atoms with Gasteiger partial charge in [0.2, 0.25) is 0 Å². The molecule has 0 aromatic carbocycles. The summed E-state index contributed by atoms with van der Waals surface area (Å²) in [5.74, 6) is 0. The van der Waals surface area contributed by atoms with E-state index in [0.717, 1.165) is 0 Å². The number of rotatable bonds is 0. The van der Waals surface area contributed by atoms with Crippen LogP contribution in [0.25, 0.3) is 0 Å². The zero-order valence-corrected chi connectivity index (χ0v) is 15.0. The van der Waals surface area contributed by atoms with Crippen molar-refractivity contribution in [2.75, 3.05) is 0 Å². The molecule has 0 bridgehead atoms. The monoisotopic (exact) mass is 304 g/mol. The van der Waals surface area contributed by atoms with E-state index in [0.29, 0.717) is 0 Å². The summed E-state index contributed by atoms with van der Waals surface area (Å²) >= 11 is 0. The summed E-state index contributed by atoms with van der Waals surface area (Å²) in [5.41, 5.74) is 0. The minimum Gasteiger partial charge on any atom is -0.0885 e. The highest BCUT2D eigenvalue weighted by Gasteiger charge is 1.96. The molecule has 0 aromatic heterocycles. The van der Waals surface area contributed by atoms with Crippen LogP contribution in [-0.2, 0) is 0 Å². The van der Waals surface area contributed by atoms with Crippen LogP contribution in [0.3, 0.4) is 0 Å². The van der Waals surface area contributed by atoms with Crippen LogP contribution in [0.15, 0.2) is 24.3 Å². The Balaban J connectivity index is 0.000000147. The molecule has 0 aliphatic heterocycles. The summed E-state index contributed by atoms with van der Waals surface area (Å²) in [5, 5.41) is 0. The lowest BCUT2D eigenvalue weighted by molar-refractivity contribution is 0.504. The van der Waals surface area contributed by atoms with Crippen LogP contribution in [-0.4, -0.2) is 0 Å². The summed E-state index contributed by atoms with van der Waals surface area (Å²) in [6, 6.07) is 0. The Morgan fingerprint density at radius 1 is 0.227 bits per heavy atom. The van der Waals surface area contributed by atoms with Crippen LogP contribution in [0.1, 0.15) is 116 Å². The van der Waals surface area contributed by atoms with Crippen LogP contribution < -0.4 is 0 Å². The lowest BCUT2D eigenvalue weighted by atomic mass is 10.0. The zero-order chi connectivity index (χ0) is 15.6. The third-order valence-corrected chi connectivity index (χ3v) is 4.82. The molecule has 2 saturated carbocycles. The molecule has 0 atom stereocenters. The van der Waals surface area contributed by atoms with E-state index in [-0.39, 0.29) is 0 Å². The molecular weight excluding hydrogens is 264 g/mol. The molecule has 0 N–H and O–H groups in total. The van der Waals surface area contributed by atoms with Crippen molar-refractivity contribution < 1.29 is 0 Å². The number of allylic oxidation sites excluding steroid dienone is 4. The highest BCUT2D eigenvalue weighted by Crippen LogP contribution is 2.15. The first-order valence-electron chi connectivity index (χ1n) is 10.3. The Hall–Kier alpha value is -0.520. The van der Waals surface area contributed by atoms with Gasteiger partial charge in [-0.2, -0.15) is 0 Å². The van der Waals surface area contributed by atoms with Gasteiger partial charge in [0.05, 0.1) is 0 Å². The van der Waals surface area contributed by atoms with Crippen molar-refractivity contribution in [2.24, 2.45) is 0 Å². The average molecular weight is 305 g/mol. The molecule has 0 amide bonds. The largest absolute Gasteiger partial charge is 0.0885 e. The van der Waals surface area contributed by atoms with Crippen LogP contribution in [0.5, 0.6) is 0 Å². The average Bonchev–Trinajstić information content (AvgIpc) is 3.37. The Bertz CT molecular complexity index is 220. The maximum Gasteiger partial charge on any atom is -0.0348 e. The molecule has 0 radical (unpaired) electrons. The summed E-state index contributed by atoms with van der Waals surface area (Å²) in [6.45, 7) is 0. The van der Waals surface area contributed by atoms with E-state index >= 15 is 0 Å². The van der Waals surface area contributed by atoms with E-state index in [1.807, 2.05) is 0 Å². The molecule has 128 valence electrons. The molecule has 0 nitrogen and oxygen atoms in total. The first kappa shape index (κ1) is 19.5. The van der Waals surface area contributed by atoms with Gasteiger partial charge in [0.1, 0.15) is 0 Å². The van der Waals surface area contributed by atoms with Gasteiger partial charge in [-0.3, -0.25) is 0 Å². The van der Waals surface area contributed by atoms with Gasteiger partial charge in [0, 0.05) is 0 Å². The number of hydrogen-bond acceptors (Lipinski definition) is 0. The molecule has 2 fully saturated rings. The molecule has 4 aliphatic rings. The lowest BCUT2D eigenvalue weighted by Gasteiger charge is -2.05. The quantitative estimate of drug-likeness (QED) is 0.396. The van der Waals surface area contributed by atoms with Crippen LogP contribution in [0.2, 0.25) is 0 Å². The van der Waals surface area contributed by atoms with Gasteiger partial charge in [0.25, 0.3) is 0 Å². The molecule has 0 aromatic rings. The van der Waals surface area contributed by atoms with Gasteiger partial charge in [-0.05, 0) is 44.9 Å². The van der Waals surface area contributed by atoms with Gasteiger partial charge in [-0.15, -0.1) is 0 Å². The van der Waals surface area contributed by atoms with Crippen LogP contribution in [0.4, 0.5) is 0 Å². The highest BCUT2D eigenvalue weighted by molar-refractivity contribution is 4.88. The molecule has 22 heavy (non-hydrogen) atoms. The van der Waals surface area contributed by atoms with Gasteiger partial charge in [-0.25, -0.2) is 0 Å². The summed E-state index contributed by atoms with van der Waals surface area (Å²) in [4.78, 5) is 0. The molecule has 0 spiro atoms. The maximum atomic E-state index is 2.27. The van der Waals surface area contributed by atoms with Crippen molar-refractivity contribution in [1.29, 1.82) is 0 Å². The molecule has 0 heteroatoms. The zero-order valence-electron chi connectivity index (χ0n) is 15.0. The Morgan fingerprint density at radius 3 is 0.591 bits per heavy atom. The maximum absolute atomic E-state index is 2.27. The number of hydrogen-bond donors (Lipinski definition) is 0. The first-order valence-corrected chi connectivity index (χ1v) is 10.3. The van der Waals surface area contributed by atoms with Crippen molar-refractivity contribution in [1.82, 2.24) is 0 Å². The van der Waals surface area contributed by atoms with Gasteiger partial charge in [-0.1, -0.05) is 94.9 Å². The molecule has 4 aliphatic carbocycles. The topological polar surface area (TPSA) is 0 Å². The SMILES string of the molecule is C1=CCCC1.C1=CCCCC1.C1CCCC1.C1CCCCC1. The standard InChI is InChI=1S/C6H12.C6H10.C5H10.C5H8/c2*1-2-4-6-5-3-1;2*1-2-4-5-3-1/h1-6H2;1-2H,3-6H2;1-5H2;1-2H,3-5H2. The van der Waals surface area contributed by atoms with E-state index in [4.69, 9.17) is 0 Å². The van der Waals surface area contributed by atoms with E-state index in [1.54, 1.807) is 0 Å². The second-order valence-electron chi connectivity index (χ2n) is 7.05. The third kappa shape index (κ3) is 14.4. The fourth-order valence-corrected chi connectivity index (χ4v) is 3.29. The van der Waals surface area contributed by atoms with Crippen molar-refractivity contribution in [3.05, 3.63) is 24.3 Å². The van der Waals surface area contributed by atoms with Crippen LogP contribution in [0, 0.1) is 0 Å². The normalized spacial score (nSPS) is 22.5. The Labute approximate surface area is 140 Å². The molecule has 0 saturated heterocycles. The minimum absolute atomic E-state index is 1.32.